The van der Waals surface area contributed by atoms with E-state index in [1.165, 1.54) is 32.9 Å². The second-order valence-corrected chi connectivity index (χ2v) is 11.3. The third-order valence-corrected chi connectivity index (χ3v) is 8.59. The molecule has 0 saturated heterocycles. The molecule has 5 aromatic carbocycles. The number of nitrogens with zero attached hydrogens (tertiary/aromatic N) is 2. The minimum Gasteiger partial charge on any atom is -0.350 e. The van der Waals surface area contributed by atoms with Crippen LogP contribution in [-0.4, -0.2) is 10.4 Å². The van der Waals surface area contributed by atoms with Gasteiger partial charge < -0.3 is 9.88 Å². The Morgan fingerprint density at radius 3 is 1.98 bits per heavy atom. The molecule has 2 N–H and O–H groups in total. The summed E-state index contributed by atoms with van der Waals surface area (Å²) in [4.78, 5) is 5.29. The molecule has 0 bridgehead atoms. The molecule has 8 rings (SSSR count). The number of aliphatic imine (C=N–C) groups is 1. The van der Waals surface area contributed by atoms with Gasteiger partial charge in [0.05, 0.1) is 11.0 Å². The molecule has 0 radical (unpaired) electrons. The van der Waals surface area contributed by atoms with Crippen molar-refractivity contribution < 1.29 is 0 Å². The Morgan fingerprint density at radius 2 is 1.26 bits per heavy atom. The van der Waals surface area contributed by atoms with Gasteiger partial charge >= 0.3 is 0 Å². The number of hydrogen-bond donors (Lipinski definition) is 2. The Morgan fingerprint density at radius 1 is 0.628 bits per heavy atom. The predicted molar refractivity (Wildman–Crippen MR) is 177 cm³/mol. The zero-order valence-electron chi connectivity index (χ0n) is 23.8. The van der Waals surface area contributed by atoms with Crippen LogP contribution >= 0.6 is 0 Å². The minimum absolute atomic E-state index is 0.0815. The van der Waals surface area contributed by atoms with Gasteiger partial charge in [-0.2, -0.15) is 0 Å². The Labute approximate surface area is 251 Å². The highest BCUT2D eigenvalue weighted by Gasteiger charge is 2.27. The number of fused-ring (bicyclic) bond motifs is 3. The van der Waals surface area contributed by atoms with Gasteiger partial charge in [0.15, 0.2) is 0 Å². The first kappa shape index (κ1) is 25.5. The molecule has 0 amide bonds. The van der Waals surface area contributed by atoms with Crippen LogP contribution in [0.1, 0.15) is 41.4 Å². The Kier molecular flexibility index (Phi) is 6.47. The molecule has 0 spiro atoms. The van der Waals surface area contributed by atoms with E-state index < -0.39 is 0 Å². The van der Waals surface area contributed by atoms with Crippen molar-refractivity contribution in [3.8, 4) is 5.69 Å². The van der Waals surface area contributed by atoms with Crippen molar-refractivity contribution in [2.45, 2.75) is 24.7 Å². The van der Waals surface area contributed by atoms with Gasteiger partial charge in [-0.15, -0.1) is 0 Å². The molecule has 208 valence electrons. The van der Waals surface area contributed by atoms with Crippen LogP contribution in [0.15, 0.2) is 162 Å². The van der Waals surface area contributed by atoms with Crippen molar-refractivity contribution in [1.29, 1.82) is 0 Å². The summed E-state index contributed by atoms with van der Waals surface area (Å²) in [6.07, 6.45) is 7.53. The highest BCUT2D eigenvalue weighted by atomic mass is 15.3. The van der Waals surface area contributed by atoms with Crippen LogP contribution in [-0.2, 0) is 0 Å². The maximum atomic E-state index is 5.29. The number of nitrogens with one attached hydrogen (secondary N) is 2. The molecule has 6 aromatic rings. The van der Waals surface area contributed by atoms with Crippen molar-refractivity contribution in [3.05, 3.63) is 174 Å². The lowest BCUT2D eigenvalue weighted by molar-refractivity contribution is 0.408. The molecule has 2 heterocycles. The number of amidine groups is 1. The zero-order chi connectivity index (χ0) is 28.6. The number of aromatic nitrogens is 1. The first-order chi connectivity index (χ1) is 21.3. The Balaban J connectivity index is 1.22. The summed E-state index contributed by atoms with van der Waals surface area (Å²) < 4.78 is 2.37. The summed E-state index contributed by atoms with van der Waals surface area (Å²) in [5, 5.41) is 10.0. The second-order valence-electron chi connectivity index (χ2n) is 11.3. The number of para-hydroxylation sites is 2. The lowest BCUT2D eigenvalue weighted by Gasteiger charge is -2.33. The fraction of sp³-hybridized carbons (Fsp3) is 0.103. The summed E-state index contributed by atoms with van der Waals surface area (Å²) in [6.45, 7) is 0. The SMILES string of the molecule is C1=CC(C2=NC(c3cccc(-n4c5ccccc5c5ccccc54)c3)NC(c3ccccc3)N2)=CC(c2ccccc2)C1. The predicted octanol–water partition coefficient (Wildman–Crippen LogP) is 8.74. The quantitative estimate of drug-likeness (QED) is 0.223. The maximum Gasteiger partial charge on any atom is 0.131 e. The van der Waals surface area contributed by atoms with Gasteiger partial charge in [-0.25, -0.2) is 4.99 Å². The summed E-state index contributed by atoms with van der Waals surface area (Å²) in [5.74, 6) is 1.24. The van der Waals surface area contributed by atoms with Crippen molar-refractivity contribution in [2.24, 2.45) is 4.99 Å². The van der Waals surface area contributed by atoms with Gasteiger partial charge in [-0.3, -0.25) is 5.32 Å². The van der Waals surface area contributed by atoms with Crippen molar-refractivity contribution >= 4 is 27.6 Å². The summed E-state index contributed by atoms with van der Waals surface area (Å²) in [7, 11) is 0. The normalized spacial score (nSPS) is 20.0. The fourth-order valence-electron chi connectivity index (χ4n) is 6.50. The lowest BCUT2D eigenvalue weighted by Crippen LogP contribution is -2.45. The third kappa shape index (κ3) is 4.76. The molecule has 43 heavy (non-hydrogen) atoms. The van der Waals surface area contributed by atoms with Gasteiger partial charge in [0.1, 0.15) is 18.2 Å². The van der Waals surface area contributed by atoms with Crippen molar-refractivity contribution in [3.63, 3.8) is 0 Å². The van der Waals surface area contributed by atoms with E-state index >= 15 is 0 Å². The molecule has 0 saturated carbocycles. The van der Waals surface area contributed by atoms with Crippen LogP contribution in [0.5, 0.6) is 0 Å². The molecule has 4 heteroatoms. The van der Waals surface area contributed by atoms with Crippen molar-refractivity contribution in [2.75, 3.05) is 0 Å². The van der Waals surface area contributed by atoms with Gasteiger partial charge in [0.2, 0.25) is 0 Å². The molecule has 4 nitrogen and oxygen atoms in total. The van der Waals surface area contributed by atoms with Crippen LogP contribution in [0.25, 0.3) is 27.5 Å². The van der Waals surface area contributed by atoms with E-state index in [2.05, 4.69) is 167 Å². The van der Waals surface area contributed by atoms with E-state index in [9.17, 15) is 0 Å². The van der Waals surface area contributed by atoms with Crippen LogP contribution in [0.3, 0.4) is 0 Å². The van der Waals surface area contributed by atoms with E-state index in [1.807, 2.05) is 0 Å². The Hall–Kier alpha value is -5.19. The molecule has 3 atom stereocenters. The van der Waals surface area contributed by atoms with Crippen LogP contribution in [0.4, 0.5) is 0 Å². The number of hydrogen-bond acceptors (Lipinski definition) is 3. The molecular formula is C39H32N4. The van der Waals surface area contributed by atoms with Crippen molar-refractivity contribution in [1.82, 2.24) is 15.2 Å². The number of allylic oxidation sites excluding steroid dienone is 2. The highest BCUT2D eigenvalue weighted by Crippen LogP contribution is 2.34. The first-order valence-electron chi connectivity index (χ1n) is 15.0. The lowest BCUT2D eigenvalue weighted by atomic mass is 9.89. The number of benzene rings is 5. The van der Waals surface area contributed by atoms with Gasteiger partial charge in [-0.05, 0) is 47.4 Å². The van der Waals surface area contributed by atoms with E-state index in [0.717, 1.165) is 29.1 Å². The third-order valence-electron chi connectivity index (χ3n) is 8.59. The van der Waals surface area contributed by atoms with E-state index in [1.54, 1.807) is 0 Å². The highest BCUT2D eigenvalue weighted by molar-refractivity contribution is 6.09. The largest absolute Gasteiger partial charge is 0.350 e. The first-order valence-corrected chi connectivity index (χ1v) is 15.0. The summed E-state index contributed by atoms with van der Waals surface area (Å²) in [5.41, 5.74) is 8.30. The molecule has 0 fully saturated rings. The molecular weight excluding hydrogens is 524 g/mol. The van der Waals surface area contributed by atoms with Crippen LogP contribution in [0.2, 0.25) is 0 Å². The van der Waals surface area contributed by atoms with Crippen LogP contribution in [0, 0.1) is 0 Å². The second kappa shape index (κ2) is 10.9. The van der Waals surface area contributed by atoms with E-state index in [-0.39, 0.29) is 12.3 Å². The number of rotatable bonds is 5. The van der Waals surface area contributed by atoms with Gasteiger partial charge in [0.25, 0.3) is 0 Å². The average molecular weight is 557 g/mol. The maximum absolute atomic E-state index is 5.29. The Bertz CT molecular complexity index is 1960. The summed E-state index contributed by atoms with van der Waals surface area (Å²) >= 11 is 0. The van der Waals surface area contributed by atoms with Crippen LogP contribution < -0.4 is 10.6 Å². The monoisotopic (exact) mass is 556 g/mol. The zero-order valence-corrected chi connectivity index (χ0v) is 23.8. The standard InChI is InChI=1S/C39H32N4/c1-3-13-27(14-4-1)29-17-11-18-30(25-29)38-40-37(28-15-5-2-6-16-28)41-39(42-38)31-19-12-20-32(26-31)43-35-23-9-7-21-33(35)34-22-8-10-24-36(34)43/h1-16,18-26,29,37,39,41H,17H2,(H,40,42). The molecule has 2 aliphatic rings. The fourth-order valence-corrected chi connectivity index (χ4v) is 6.50. The molecule has 1 aromatic heterocycles. The average Bonchev–Trinajstić information content (AvgIpc) is 3.43. The van der Waals surface area contributed by atoms with Gasteiger partial charge in [0, 0.05) is 28.0 Å². The van der Waals surface area contributed by atoms with E-state index in [0.29, 0.717) is 5.92 Å². The molecule has 1 aliphatic carbocycles. The summed E-state index contributed by atoms with van der Waals surface area (Å²) in [6, 6.07) is 47.4. The van der Waals surface area contributed by atoms with E-state index in [4.69, 9.17) is 4.99 Å². The topological polar surface area (TPSA) is 41.4 Å². The minimum atomic E-state index is -0.221. The molecule has 1 aliphatic heterocycles. The van der Waals surface area contributed by atoms with Gasteiger partial charge in [-0.1, -0.05) is 127 Å². The smallest absolute Gasteiger partial charge is 0.131 e. The molecule has 3 unspecified atom stereocenters.